The fourth-order valence-corrected chi connectivity index (χ4v) is 2.98. The summed E-state index contributed by atoms with van der Waals surface area (Å²) in [5.41, 5.74) is 0.685. The Bertz CT molecular complexity index is 958. The number of amides is 2. The third-order valence-electron chi connectivity index (χ3n) is 4.54. The molecule has 2 aromatic rings. The minimum atomic E-state index is -1.08. The lowest BCUT2D eigenvalue weighted by molar-refractivity contribution is -0.131. The van der Waals surface area contributed by atoms with Crippen LogP contribution in [0.2, 0.25) is 0 Å². The van der Waals surface area contributed by atoms with E-state index in [9.17, 15) is 19.5 Å². The number of hydrogen-bond acceptors (Lipinski definition) is 7. The Hall–Kier alpha value is -3.85. The number of carbonyl (C=O) groups is 3. The van der Waals surface area contributed by atoms with Crippen LogP contribution in [0.5, 0.6) is 11.5 Å². The van der Waals surface area contributed by atoms with Gasteiger partial charge in [0.05, 0.1) is 13.2 Å². The fourth-order valence-electron chi connectivity index (χ4n) is 2.98. The molecule has 0 saturated carbocycles. The van der Waals surface area contributed by atoms with Crippen LogP contribution in [0.1, 0.15) is 34.9 Å². The van der Waals surface area contributed by atoms with E-state index in [4.69, 9.17) is 19.3 Å². The number of imide groups is 1. The first-order valence-corrected chi connectivity index (χ1v) is 9.71. The molecule has 0 spiro atoms. The van der Waals surface area contributed by atoms with Crippen LogP contribution in [0.4, 0.5) is 4.79 Å². The number of phenolic OH excluding ortho intramolecular Hbond substituents is 1. The van der Waals surface area contributed by atoms with Crippen LogP contribution in [0.15, 0.2) is 60.7 Å². The second kappa shape index (κ2) is 12.1. The number of aromatic hydroxyl groups is 1. The molecule has 0 bridgehead atoms. The highest BCUT2D eigenvalue weighted by Gasteiger charge is 2.28. The van der Waals surface area contributed by atoms with Crippen molar-refractivity contribution in [2.24, 2.45) is 0 Å². The summed E-state index contributed by atoms with van der Waals surface area (Å²) in [6.45, 7) is 0. The van der Waals surface area contributed by atoms with E-state index in [-0.39, 0.29) is 17.1 Å². The van der Waals surface area contributed by atoms with Gasteiger partial charge in [-0.25, -0.2) is 9.59 Å². The van der Waals surface area contributed by atoms with Crippen LogP contribution in [-0.4, -0.2) is 48.5 Å². The standard InChI is InChI=1S/C23H25NO8/c1-30-18-13-12-16(14-17(18)25)21(19(31-2)10-6-7-11-20(26)27)32-23(29)24-22(28)15-8-4-3-5-9-15/h3-5,7-9,11-14,19,21,25H,6,10H2,1-2H3,(H,26,27)(H,24,28,29)/b11-7+/t19-,21-/m0/s1. The Morgan fingerprint density at radius 3 is 2.41 bits per heavy atom. The number of carboxylic acid groups (broad SMARTS) is 1. The van der Waals surface area contributed by atoms with E-state index in [2.05, 4.69) is 5.32 Å². The van der Waals surface area contributed by atoms with Crippen LogP contribution in [0, 0.1) is 0 Å². The average molecular weight is 443 g/mol. The molecule has 2 aromatic carbocycles. The number of rotatable bonds is 10. The Labute approximate surface area is 185 Å². The maximum absolute atomic E-state index is 12.5. The molecular weight excluding hydrogens is 418 g/mol. The predicted octanol–water partition coefficient (Wildman–Crippen LogP) is 3.44. The lowest BCUT2D eigenvalue weighted by Gasteiger charge is -2.26. The first-order valence-electron chi connectivity index (χ1n) is 9.71. The summed E-state index contributed by atoms with van der Waals surface area (Å²) in [7, 11) is 2.82. The number of nitrogens with one attached hydrogen (secondary N) is 1. The van der Waals surface area contributed by atoms with Crippen molar-refractivity contribution >= 4 is 18.0 Å². The van der Waals surface area contributed by atoms with Gasteiger partial charge in [-0.15, -0.1) is 0 Å². The maximum atomic E-state index is 12.5. The van der Waals surface area contributed by atoms with E-state index >= 15 is 0 Å². The highest BCUT2D eigenvalue weighted by atomic mass is 16.6. The Morgan fingerprint density at radius 2 is 1.81 bits per heavy atom. The summed E-state index contributed by atoms with van der Waals surface area (Å²) >= 11 is 0. The molecule has 0 saturated heterocycles. The van der Waals surface area contributed by atoms with E-state index < -0.39 is 30.2 Å². The van der Waals surface area contributed by atoms with Gasteiger partial charge in [-0.2, -0.15) is 0 Å². The van der Waals surface area contributed by atoms with Gasteiger partial charge in [0.15, 0.2) is 17.6 Å². The summed E-state index contributed by atoms with van der Waals surface area (Å²) in [6.07, 6.45) is 0.400. The van der Waals surface area contributed by atoms with Crippen LogP contribution in [0.3, 0.4) is 0 Å². The molecule has 0 aliphatic heterocycles. The van der Waals surface area contributed by atoms with Gasteiger partial charge >= 0.3 is 12.1 Å². The zero-order chi connectivity index (χ0) is 23.5. The molecule has 3 N–H and O–H groups in total. The molecule has 9 nitrogen and oxygen atoms in total. The highest BCUT2D eigenvalue weighted by molar-refractivity contribution is 6.02. The van der Waals surface area contributed by atoms with Gasteiger partial charge in [0, 0.05) is 18.7 Å². The molecular formula is C23H25NO8. The van der Waals surface area contributed by atoms with E-state index in [1.54, 1.807) is 36.4 Å². The minimum absolute atomic E-state index is 0.167. The molecule has 0 fully saturated rings. The van der Waals surface area contributed by atoms with Crippen molar-refractivity contribution in [2.75, 3.05) is 14.2 Å². The zero-order valence-corrected chi connectivity index (χ0v) is 17.7. The number of methoxy groups -OCH3 is 2. The number of aliphatic carboxylic acids is 1. The van der Waals surface area contributed by atoms with Crippen molar-refractivity contribution in [3.05, 3.63) is 71.8 Å². The van der Waals surface area contributed by atoms with Gasteiger partial charge in [-0.1, -0.05) is 30.3 Å². The molecule has 0 aliphatic carbocycles. The van der Waals surface area contributed by atoms with Gasteiger partial charge < -0.3 is 24.4 Å². The van der Waals surface area contributed by atoms with Crippen LogP contribution in [-0.2, 0) is 14.3 Å². The van der Waals surface area contributed by atoms with E-state index in [0.717, 1.165) is 6.08 Å². The summed E-state index contributed by atoms with van der Waals surface area (Å²) in [5, 5.41) is 21.0. The van der Waals surface area contributed by atoms with Crippen molar-refractivity contribution in [1.82, 2.24) is 5.32 Å². The molecule has 0 radical (unpaired) electrons. The van der Waals surface area contributed by atoms with Crippen molar-refractivity contribution in [3.8, 4) is 11.5 Å². The second-order valence-corrected chi connectivity index (χ2v) is 6.67. The maximum Gasteiger partial charge on any atom is 0.414 e. The van der Waals surface area contributed by atoms with E-state index in [1.165, 1.54) is 32.4 Å². The first-order chi connectivity index (χ1) is 15.3. The molecule has 9 heteroatoms. The minimum Gasteiger partial charge on any atom is -0.504 e. The van der Waals surface area contributed by atoms with Gasteiger partial charge in [0.2, 0.25) is 0 Å². The second-order valence-electron chi connectivity index (χ2n) is 6.67. The molecule has 0 aliphatic rings. The van der Waals surface area contributed by atoms with Gasteiger partial charge in [-0.05, 0) is 42.7 Å². The molecule has 0 unspecified atom stereocenters. The van der Waals surface area contributed by atoms with E-state index in [0.29, 0.717) is 18.4 Å². The van der Waals surface area contributed by atoms with Crippen LogP contribution >= 0.6 is 0 Å². The number of allylic oxidation sites excluding steroid dienone is 1. The Kier molecular flexibility index (Phi) is 9.24. The number of carboxylic acids is 1. The smallest absolute Gasteiger partial charge is 0.414 e. The Balaban J connectivity index is 2.22. The number of benzene rings is 2. The number of alkyl carbamates (subject to hydrolysis) is 1. The summed E-state index contributed by atoms with van der Waals surface area (Å²) in [6, 6.07) is 12.6. The third-order valence-corrected chi connectivity index (χ3v) is 4.54. The number of hydrogen-bond donors (Lipinski definition) is 3. The van der Waals surface area contributed by atoms with E-state index in [1.807, 2.05) is 0 Å². The molecule has 0 aromatic heterocycles. The fraction of sp³-hybridized carbons (Fsp3) is 0.261. The molecule has 2 rings (SSSR count). The number of carbonyl (C=O) groups excluding carboxylic acids is 2. The summed E-state index contributed by atoms with van der Waals surface area (Å²) < 4.78 is 16.0. The number of ether oxygens (including phenoxy) is 3. The molecule has 170 valence electrons. The SMILES string of the molecule is COc1ccc([C@H](OC(=O)NC(=O)c2ccccc2)[C@H](CC/C=C/C(=O)O)OC)cc1O. The molecule has 2 amide bonds. The van der Waals surface area contributed by atoms with Crippen molar-refractivity contribution in [1.29, 1.82) is 0 Å². The van der Waals surface area contributed by atoms with Gasteiger partial charge in [0.25, 0.3) is 5.91 Å². The predicted molar refractivity (Wildman–Crippen MR) is 115 cm³/mol. The average Bonchev–Trinajstić information content (AvgIpc) is 2.78. The molecule has 0 heterocycles. The normalized spacial score (nSPS) is 12.7. The lowest BCUT2D eigenvalue weighted by Crippen LogP contribution is -2.35. The topological polar surface area (TPSA) is 131 Å². The van der Waals surface area contributed by atoms with Crippen molar-refractivity contribution in [3.63, 3.8) is 0 Å². The largest absolute Gasteiger partial charge is 0.504 e. The number of phenols is 1. The quantitative estimate of drug-likeness (QED) is 0.476. The van der Waals surface area contributed by atoms with Crippen molar-refractivity contribution < 1.29 is 38.8 Å². The van der Waals surface area contributed by atoms with Crippen molar-refractivity contribution in [2.45, 2.75) is 25.0 Å². The van der Waals surface area contributed by atoms with Gasteiger partial charge in [-0.3, -0.25) is 10.1 Å². The molecule has 2 atom stereocenters. The third kappa shape index (κ3) is 7.13. The monoisotopic (exact) mass is 443 g/mol. The summed E-state index contributed by atoms with van der Waals surface area (Å²) in [4.78, 5) is 35.4. The van der Waals surface area contributed by atoms with Crippen LogP contribution < -0.4 is 10.1 Å². The first kappa shape index (κ1) is 24.4. The van der Waals surface area contributed by atoms with Gasteiger partial charge in [0.1, 0.15) is 0 Å². The lowest BCUT2D eigenvalue weighted by atomic mass is 9.99. The summed E-state index contributed by atoms with van der Waals surface area (Å²) in [5.74, 6) is -1.65. The highest BCUT2D eigenvalue weighted by Crippen LogP contribution is 2.33. The Morgan fingerprint density at radius 1 is 1.09 bits per heavy atom. The molecule has 32 heavy (non-hydrogen) atoms. The zero-order valence-electron chi connectivity index (χ0n) is 17.7. The van der Waals surface area contributed by atoms with Crippen LogP contribution in [0.25, 0.3) is 0 Å².